The van der Waals surface area contributed by atoms with E-state index in [4.69, 9.17) is 4.74 Å². The van der Waals surface area contributed by atoms with Crippen LogP contribution in [0.1, 0.15) is 19.8 Å². The number of anilines is 3. The van der Waals surface area contributed by atoms with Crippen molar-refractivity contribution in [2.24, 2.45) is 5.92 Å². The lowest BCUT2D eigenvalue weighted by Crippen LogP contribution is -2.34. The van der Waals surface area contributed by atoms with Crippen molar-refractivity contribution in [2.45, 2.75) is 19.8 Å². The van der Waals surface area contributed by atoms with Crippen LogP contribution in [0.25, 0.3) is 0 Å². The third-order valence-electron chi connectivity index (χ3n) is 4.72. The molecule has 6 nitrogen and oxygen atoms in total. The summed E-state index contributed by atoms with van der Waals surface area (Å²) in [6.07, 6.45) is 3.98. The molecule has 1 aromatic heterocycles. The first-order valence-electron chi connectivity index (χ1n) is 9.31. The number of aromatic nitrogens is 3. The smallest absolute Gasteiger partial charge is 0.247 e. The molecule has 2 aromatic carbocycles. The molecule has 138 valence electrons. The van der Waals surface area contributed by atoms with Gasteiger partial charge in [-0.25, -0.2) is 0 Å². The van der Waals surface area contributed by atoms with E-state index in [-0.39, 0.29) is 0 Å². The van der Waals surface area contributed by atoms with E-state index >= 15 is 0 Å². The van der Waals surface area contributed by atoms with Gasteiger partial charge < -0.3 is 15.0 Å². The van der Waals surface area contributed by atoms with E-state index in [2.05, 4.69) is 32.3 Å². The predicted molar refractivity (Wildman–Crippen MR) is 107 cm³/mol. The molecule has 0 unspecified atom stereocenters. The maximum absolute atomic E-state index is 5.82. The summed E-state index contributed by atoms with van der Waals surface area (Å²) >= 11 is 0. The minimum absolute atomic E-state index is 0.690. The van der Waals surface area contributed by atoms with Crippen LogP contribution < -0.4 is 15.0 Å². The van der Waals surface area contributed by atoms with E-state index in [1.807, 2.05) is 54.6 Å². The maximum atomic E-state index is 5.82. The van der Waals surface area contributed by atoms with E-state index in [9.17, 15) is 0 Å². The van der Waals surface area contributed by atoms with E-state index in [1.54, 1.807) is 6.20 Å². The number of hydrogen-bond donors (Lipinski definition) is 1. The van der Waals surface area contributed by atoms with Gasteiger partial charge in [0.05, 0.1) is 6.20 Å². The van der Waals surface area contributed by atoms with Crippen molar-refractivity contribution in [3.8, 4) is 11.5 Å². The Morgan fingerprint density at radius 2 is 1.67 bits per heavy atom. The Balaban J connectivity index is 1.41. The van der Waals surface area contributed by atoms with Crippen molar-refractivity contribution in [2.75, 3.05) is 23.3 Å². The molecule has 2 heterocycles. The van der Waals surface area contributed by atoms with E-state index in [0.29, 0.717) is 11.8 Å². The van der Waals surface area contributed by atoms with Gasteiger partial charge in [-0.05, 0) is 55.2 Å². The van der Waals surface area contributed by atoms with Gasteiger partial charge in [0.25, 0.3) is 0 Å². The van der Waals surface area contributed by atoms with E-state index in [0.717, 1.165) is 36.2 Å². The number of nitrogens with one attached hydrogen (secondary N) is 1. The molecule has 1 fully saturated rings. The zero-order valence-corrected chi connectivity index (χ0v) is 15.4. The largest absolute Gasteiger partial charge is 0.457 e. The minimum Gasteiger partial charge on any atom is -0.457 e. The summed E-state index contributed by atoms with van der Waals surface area (Å²) in [5, 5.41) is 11.6. The Kier molecular flexibility index (Phi) is 5.14. The zero-order chi connectivity index (χ0) is 18.5. The number of hydrogen-bond acceptors (Lipinski definition) is 6. The van der Waals surface area contributed by atoms with E-state index < -0.39 is 0 Å². The van der Waals surface area contributed by atoms with Crippen LogP contribution in [0.4, 0.5) is 17.5 Å². The summed E-state index contributed by atoms with van der Waals surface area (Å²) in [6.45, 7) is 4.26. The van der Waals surface area contributed by atoms with Crippen LogP contribution >= 0.6 is 0 Å². The zero-order valence-electron chi connectivity index (χ0n) is 15.4. The summed E-state index contributed by atoms with van der Waals surface area (Å²) in [6, 6.07) is 17.5. The van der Waals surface area contributed by atoms with Gasteiger partial charge in [-0.15, -0.1) is 5.10 Å². The molecule has 1 saturated heterocycles. The third-order valence-corrected chi connectivity index (χ3v) is 4.72. The van der Waals surface area contributed by atoms with Gasteiger partial charge in [0.1, 0.15) is 11.5 Å². The minimum atomic E-state index is 0.690. The summed E-state index contributed by atoms with van der Waals surface area (Å²) in [4.78, 5) is 6.82. The number of para-hydroxylation sites is 1. The fraction of sp³-hybridized carbons (Fsp3) is 0.286. The van der Waals surface area contributed by atoms with Crippen LogP contribution in [0.5, 0.6) is 11.5 Å². The van der Waals surface area contributed by atoms with Crippen molar-refractivity contribution in [3.63, 3.8) is 0 Å². The van der Waals surface area contributed by atoms with Crippen molar-refractivity contribution in [3.05, 3.63) is 60.8 Å². The predicted octanol–water partition coefficient (Wildman–Crippen LogP) is 4.64. The summed E-state index contributed by atoms with van der Waals surface area (Å²) in [5.41, 5.74) is 0.925. The highest BCUT2D eigenvalue weighted by atomic mass is 16.5. The van der Waals surface area contributed by atoms with Crippen molar-refractivity contribution in [1.82, 2.24) is 15.2 Å². The summed E-state index contributed by atoms with van der Waals surface area (Å²) in [5.74, 6) is 3.76. The first-order valence-corrected chi connectivity index (χ1v) is 9.31. The van der Waals surface area contributed by atoms with Crippen LogP contribution in [-0.2, 0) is 0 Å². The quantitative estimate of drug-likeness (QED) is 0.714. The van der Waals surface area contributed by atoms with Gasteiger partial charge in [0.15, 0.2) is 5.82 Å². The lowest BCUT2D eigenvalue weighted by molar-refractivity contribution is 0.433. The molecule has 0 bridgehead atoms. The van der Waals surface area contributed by atoms with Gasteiger partial charge in [-0.3, -0.25) is 0 Å². The molecule has 0 amide bonds. The molecule has 0 radical (unpaired) electrons. The highest BCUT2D eigenvalue weighted by Gasteiger charge is 2.18. The molecule has 0 saturated carbocycles. The number of benzene rings is 2. The molecule has 0 spiro atoms. The first kappa shape index (κ1) is 17.3. The van der Waals surface area contributed by atoms with Gasteiger partial charge in [-0.2, -0.15) is 10.1 Å². The molecule has 6 heteroatoms. The molecule has 0 aliphatic carbocycles. The SMILES string of the molecule is CC1CCN(c2nncc(Nc3ccc(Oc4ccccc4)cc3)n2)CC1. The van der Waals surface area contributed by atoms with Gasteiger partial charge in [-0.1, -0.05) is 25.1 Å². The fourth-order valence-electron chi connectivity index (χ4n) is 3.08. The second kappa shape index (κ2) is 8.03. The molecular formula is C21H23N5O. The van der Waals surface area contributed by atoms with Crippen LogP contribution in [-0.4, -0.2) is 28.3 Å². The molecule has 27 heavy (non-hydrogen) atoms. The van der Waals surface area contributed by atoms with Gasteiger partial charge >= 0.3 is 0 Å². The number of rotatable bonds is 5. The fourth-order valence-corrected chi connectivity index (χ4v) is 3.08. The molecule has 1 N–H and O–H groups in total. The molecule has 1 aliphatic rings. The Hall–Kier alpha value is -3.15. The highest BCUT2D eigenvalue weighted by Crippen LogP contribution is 2.25. The molecular weight excluding hydrogens is 338 g/mol. The van der Waals surface area contributed by atoms with Crippen LogP contribution in [0.2, 0.25) is 0 Å². The number of ether oxygens (including phenoxy) is 1. The molecule has 4 rings (SSSR count). The summed E-state index contributed by atoms with van der Waals surface area (Å²) in [7, 11) is 0. The normalized spacial score (nSPS) is 14.8. The Bertz CT molecular complexity index is 861. The topological polar surface area (TPSA) is 63.2 Å². The second-order valence-corrected chi connectivity index (χ2v) is 6.88. The Morgan fingerprint density at radius 1 is 0.963 bits per heavy atom. The maximum Gasteiger partial charge on any atom is 0.247 e. The van der Waals surface area contributed by atoms with Gasteiger partial charge in [0.2, 0.25) is 5.95 Å². The molecule has 1 aliphatic heterocycles. The van der Waals surface area contributed by atoms with Crippen LogP contribution in [0, 0.1) is 5.92 Å². The van der Waals surface area contributed by atoms with Crippen molar-refractivity contribution >= 4 is 17.5 Å². The van der Waals surface area contributed by atoms with Gasteiger partial charge in [0, 0.05) is 18.8 Å². The average Bonchev–Trinajstić information content (AvgIpc) is 2.71. The number of piperidine rings is 1. The van der Waals surface area contributed by atoms with Crippen molar-refractivity contribution in [1.29, 1.82) is 0 Å². The Morgan fingerprint density at radius 3 is 2.41 bits per heavy atom. The Labute approximate surface area is 159 Å². The lowest BCUT2D eigenvalue weighted by Gasteiger charge is -2.29. The number of nitrogens with zero attached hydrogens (tertiary/aromatic N) is 4. The second-order valence-electron chi connectivity index (χ2n) is 6.88. The lowest BCUT2D eigenvalue weighted by atomic mass is 10.00. The summed E-state index contributed by atoms with van der Waals surface area (Å²) < 4.78 is 5.82. The molecule has 0 atom stereocenters. The van der Waals surface area contributed by atoms with Crippen LogP contribution in [0.15, 0.2) is 60.8 Å². The standard InChI is InChI=1S/C21H23N5O/c1-16-11-13-26(14-12-16)21-24-20(15-22-25-21)23-17-7-9-19(10-8-17)27-18-5-3-2-4-6-18/h2-10,15-16H,11-14H2,1H3,(H,23,24,25). The highest BCUT2D eigenvalue weighted by molar-refractivity contribution is 5.57. The third kappa shape index (κ3) is 4.53. The van der Waals surface area contributed by atoms with Crippen molar-refractivity contribution < 1.29 is 4.74 Å². The first-order chi connectivity index (χ1) is 13.3. The molecule has 3 aromatic rings. The van der Waals surface area contributed by atoms with Crippen LogP contribution in [0.3, 0.4) is 0 Å². The average molecular weight is 361 g/mol. The van der Waals surface area contributed by atoms with E-state index in [1.165, 1.54) is 12.8 Å². The monoisotopic (exact) mass is 361 g/mol.